The normalized spacial score (nSPS) is 15.8. The molecule has 0 amide bonds. The molecule has 0 aromatic heterocycles. The van der Waals surface area contributed by atoms with Gasteiger partial charge in [-0.25, -0.2) is 0 Å². The summed E-state index contributed by atoms with van der Waals surface area (Å²) in [6, 6.07) is 7.77. The van der Waals surface area contributed by atoms with E-state index in [2.05, 4.69) is 15.5 Å². The standard InChI is InChI=1S/C14H20ClN3OS/c15-13-4-2-1-3-12(13)11-17-14(20)16-5-6-18-7-9-19-10-8-18/h1-4H,5-11H2,(H2,16,17,20). The van der Waals surface area contributed by atoms with E-state index in [0.29, 0.717) is 11.7 Å². The molecule has 1 saturated heterocycles. The van der Waals surface area contributed by atoms with Crippen LogP contribution in [0.2, 0.25) is 5.02 Å². The summed E-state index contributed by atoms with van der Waals surface area (Å²) in [7, 11) is 0. The zero-order valence-electron chi connectivity index (χ0n) is 11.4. The summed E-state index contributed by atoms with van der Waals surface area (Å²) in [6.07, 6.45) is 0. The Kier molecular flexibility index (Phi) is 6.53. The zero-order chi connectivity index (χ0) is 14.2. The van der Waals surface area contributed by atoms with E-state index < -0.39 is 0 Å². The van der Waals surface area contributed by atoms with E-state index in [-0.39, 0.29) is 0 Å². The Morgan fingerprint density at radius 1 is 1.25 bits per heavy atom. The monoisotopic (exact) mass is 313 g/mol. The molecule has 0 atom stereocenters. The van der Waals surface area contributed by atoms with Gasteiger partial charge in [0.15, 0.2) is 5.11 Å². The van der Waals surface area contributed by atoms with Crippen LogP contribution in [0.3, 0.4) is 0 Å². The maximum atomic E-state index is 6.09. The summed E-state index contributed by atoms with van der Waals surface area (Å²) in [5.74, 6) is 0. The molecular weight excluding hydrogens is 294 g/mol. The second kappa shape index (κ2) is 8.42. The first-order valence-corrected chi connectivity index (χ1v) is 7.59. The largest absolute Gasteiger partial charge is 0.379 e. The van der Waals surface area contributed by atoms with Gasteiger partial charge >= 0.3 is 0 Å². The Hall–Kier alpha value is -0.880. The molecule has 1 heterocycles. The Labute approximate surface area is 130 Å². The van der Waals surface area contributed by atoms with Gasteiger partial charge in [0.1, 0.15) is 0 Å². The lowest BCUT2D eigenvalue weighted by molar-refractivity contribution is 0.0389. The number of thiocarbonyl (C=S) groups is 1. The van der Waals surface area contributed by atoms with Gasteiger partial charge < -0.3 is 15.4 Å². The fraction of sp³-hybridized carbons (Fsp3) is 0.500. The average molecular weight is 314 g/mol. The maximum Gasteiger partial charge on any atom is 0.166 e. The summed E-state index contributed by atoms with van der Waals surface area (Å²) in [5, 5.41) is 7.81. The summed E-state index contributed by atoms with van der Waals surface area (Å²) in [5.41, 5.74) is 1.05. The van der Waals surface area contributed by atoms with Crippen LogP contribution in [0, 0.1) is 0 Å². The molecule has 0 unspecified atom stereocenters. The van der Waals surface area contributed by atoms with Crippen molar-refractivity contribution in [3.63, 3.8) is 0 Å². The molecule has 0 bridgehead atoms. The van der Waals surface area contributed by atoms with Gasteiger partial charge in [-0.3, -0.25) is 4.90 Å². The third-order valence-electron chi connectivity index (χ3n) is 3.21. The van der Waals surface area contributed by atoms with Crippen LogP contribution >= 0.6 is 23.8 Å². The van der Waals surface area contributed by atoms with E-state index in [4.69, 9.17) is 28.6 Å². The van der Waals surface area contributed by atoms with Crippen molar-refractivity contribution in [3.8, 4) is 0 Å². The number of nitrogens with zero attached hydrogens (tertiary/aromatic N) is 1. The van der Waals surface area contributed by atoms with Gasteiger partial charge in [0, 0.05) is 37.7 Å². The first kappa shape index (κ1) is 15.5. The number of halogens is 1. The number of hydrogen-bond acceptors (Lipinski definition) is 3. The second-order valence-electron chi connectivity index (χ2n) is 4.65. The van der Waals surface area contributed by atoms with Crippen molar-refractivity contribution >= 4 is 28.9 Å². The van der Waals surface area contributed by atoms with Crippen molar-refractivity contribution in [3.05, 3.63) is 34.9 Å². The minimum absolute atomic E-state index is 0.642. The highest BCUT2D eigenvalue weighted by atomic mass is 35.5. The molecule has 20 heavy (non-hydrogen) atoms. The van der Waals surface area contributed by atoms with Crippen molar-refractivity contribution in [2.24, 2.45) is 0 Å². The summed E-state index contributed by atoms with van der Waals surface area (Å²) >= 11 is 11.3. The van der Waals surface area contributed by atoms with Crippen LogP contribution in [0.5, 0.6) is 0 Å². The maximum absolute atomic E-state index is 6.09. The molecule has 1 aromatic rings. The van der Waals surface area contributed by atoms with Gasteiger partial charge in [0.05, 0.1) is 13.2 Å². The topological polar surface area (TPSA) is 36.5 Å². The van der Waals surface area contributed by atoms with E-state index in [1.807, 2.05) is 24.3 Å². The molecule has 1 aliphatic heterocycles. The van der Waals surface area contributed by atoms with Crippen LogP contribution in [0.15, 0.2) is 24.3 Å². The molecule has 4 nitrogen and oxygen atoms in total. The van der Waals surface area contributed by atoms with Gasteiger partial charge in [-0.2, -0.15) is 0 Å². The summed E-state index contributed by atoms with van der Waals surface area (Å²) in [6.45, 7) is 6.13. The Bertz CT molecular complexity index is 438. The fourth-order valence-electron chi connectivity index (χ4n) is 2.03. The molecule has 2 N–H and O–H groups in total. The predicted molar refractivity (Wildman–Crippen MR) is 86.2 cm³/mol. The van der Waals surface area contributed by atoms with Crippen molar-refractivity contribution < 1.29 is 4.74 Å². The van der Waals surface area contributed by atoms with Gasteiger partial charge in [-0.05, 0) is 23.8 Å². The highest BCUT2D eigenvalue weighted by Gasteiger charge is 2.09. The van der Waals surface area contributed by atoms with E-state index in [1.165, 1.54) is 0 Å². The first-order valence-electron chi connectivity index (χ1n) is 6.81. The van der Waals surface area contributed by atoms with E-state index >= 15 is 0 Å². The number of hydrogen-bond donors (Lipinski definition) is 2. The van der Waals surface area contributed by atoms with Crippen LogP contribution in [0.1, 0.15) is 5.56 Å². The minimum atomic E-state index is 0.642. The summed E-state index contributed by atoms with van der Waals surface area (Å²) < 4.78 is 5.31. The zero-order valence-corrected chi connectivity index (χ0v) is 13.0. The molecule has 110 valence electrons. The lowest BCUT2D eigenvalue weighted by atomic mass is 10.2. The molecule has 0 radical (unpaired) electrons. The quantitative estimate of drug-likeness (QED) is 0.808. The molecule has 0 spiro atoms. The Morgan fingerprint density at radius 3 is 2.75 bits per heavy atom. The van der Waals surface area contributed by atoms with Crippen LogP contribution < -0.4 is 10.6 Å². The third-order valence-corrected chi connectivity index (χ3v) is 3.87. The van der Waals surface area contributed by atoms with Gasteiger partial charge in [-0.15, -0.1) is 0 Å². The summed E-state index contributed by atoms with van der Waals surface area (Å²) in [4.78, 5) is 2.37. The average Bonchev–Trinajstić information content (AvgIpc) is 2.47. The van der Waals surface area contributed by atoms with E-state index in [1.54, 1.807) is 0 Å². The highest BCUT2D eigenvalue weighted by molar-refractivity contribution is 7.80. The number of benzene rings is 1. The van der Waals surface area contributed by atoms with Gasteiger partial charge in [0.2, 0.25) is 0 Å². The molecule has 1 aromatic carbocycles. The molecule has 2 rings (SSSR count). The minimum Gasteiger partial charge on any atom is -0.379 e. The van der Waals surface area contributed by atoms with E-state index in [9.17, 15) is 0 Å². The molecule has 6 heteroatoms. The van der Waals surface area contributed by atoms with Crippen LogP contribution in [-0.2, 0) is 11.3 Å². The lowest BCUT2D eigenvalue weighted by Gasteiger charge is -2.26. The van der Waals surface area contributed by atoms with E-state index in [0.717, 1.165) is 50.0 Å². The van der Waals surface area contributed by atoms with Crippen LogP contribution in [0.4, 0.5) is 0 Å². The number of rotatable bonds is 5. The number of nitrogens with one attached hydrogen (secondary N) is 2. The molecule has 1 aliphatic rings. The molecule has 0 aliphatic carbocycles. The SMILES string of the molecule is S=C(NCCN1CCOCC1)NCc1ccccc1Cl. The number of ether oxygens (including phenoxy) is 1. The van der Waals surface area contributed by atoms with Crippen molar-refractivity contribution in [1.82, 2.24) is 15.5 Å². The van der Waals surface area contributed by atoms with Crippen LogP contribution in [-0.4, -0.2) is 49.4 Å². The van der Waals surface area contributed by atoms with Crippen LogP contribution in [0.25, 0.3) is 0 Å². The highest BCUT2D eigenvalue weighted by Crippen LogP contribution is 2.14. The molecule has 0 saturated carbocycles. The predicted octanol–water partition coefficient (Wildman–Crippen LogP) is 1.64. The van der Waals surface area contributed by atoms with Crippen molar-refractivity contribution in [1.29, 1.82) is 0 Å². The Morgan fingerprint density at radius 2 is 2.00 bits per heavy atom. The number of morpholine rings is 1. The van der Waals surface area contributed by atoms with Gasteiger partial charge in [0.25, 0.3) is 0 Å². The smallest absolute Gasteiger partial charge is 0.166 e. The van der Waals surface area contributed by atoms with Gasteiger partial charge in [-0.1, -0.05) is 29.8 Å². The molecule has 1 fully saturated rings. The van der Waals surface area contributed by atoms with Crippen molar-refractivity contribution in [2.45, 2.75) is 6.54 Å². The van der Waals surface area contributed by atoms with Crippen molar-refractivity contribution in [2.75, 3.05) is 39.4 Å². The fourth-order valence-corrected chi connectivity index (χ4v) is 2.41. The Balaban J connectivity index is 1.62. The first-order chi connectivity index (χ1) is 9.75. The second-order valence-corrected chi connectivity index (χ2v) is 5.47. The molecular formula is C14H20ClN3OS. The third kappa shape index (κ3) is 5.25. The lowest BCUT2D eigenvalue weighted by Crippen LogP contribution is -2.43.